The van der Waals surface area contributed by atoms with Crippen molar-refractivity contribution in [3.63, 3.8) is 0 Å². The molecule has 1 heterocycles. The molecular weight excluding hydrogens is 345 g/mol. The maximum Gasteiger partial charge on any atom is 0.416 e. The van der Waals surface area contributed by atoms with E-state index in [-0.39, 0.29) is 11.5 Å². The van der Waals surface area contributed by atoms with Crippen LogP contribution in [0.2, 0.25) is 0 Å². The van der Waals surface area contributed by atoms with Gasteiger partial charge in [-0.25, -0.2) is 12.7 Å². The standard InChI is InChI=1S/C15H19F3N2O3S/c1-24(22,23)20-8-6-11(7-9-20)10-19-14(21)12-2-4-13(5-3-12)15(16,17)18/h2-5,11H,6-10H2,1H3,(H,19,21). The van der Waals surface area contributed by atoms with Gasteiger partial charge in [0.1, 0.15) is 0 Å². The van der Waals surface area contributed by atoms with E-state index in [1.165, 1.54) is 10.6 Å². The predicted octanol–water partition coefficient (Wildman–Crippen LogP) is 2.11. The van der Waals surface area contributed by atoms with E-state index >= 15 is 0 Å². The van der Waals surface area contributed by atoms with E-state index in [1.807, 2.05) is 0 Å². The van der Waals surface area contributed by atoms with Crippen LogP contribution in [0.15, 0.2) is 24.3 Å². The van der Waals surface area contributed by atoms with E-state index in [2.05, 4.69) is 5.32 Å². The zero-order valence-corrected chi connectivity index (χ0v) is 14.0. The van der Waals surface area contributed by atoms with Crippen molar-refractivity contribution in [2.75, 3.05) is 25.9 Å². The Bertz CT molecular complexity index is 679. The third-order valence-electron chi connectivity index (χ3n) is 4.07. The minimum absolute atomic E-state index is 0.154. The summed E-state index contributed by atoms with van der Waals surface area (Å²) in [6.45, 7) is 1.21. The molecule has 24 heavy (non-hydrogen) atoms. The van der Waals surface area contributed by atoms with E-state index in [0.717, 1.165) is 24.3 Å². The van der Waals surface area contributed by atoms with Crippen LogP contribution in [0.5, 0.6) is 0 Å². The van der Waals surface area contributed by atoms with Crippen molar-refractivity contribution >= 4 is 15.9 Å². The molecular formula is C15H19F3N2O3S. The highest BCUT2D eigenvalue weighted by molar-refractivity contribution is 7.88. The number of hydrogen-bond donors (Lipinski definition) is 1. The molecule has 0 radical (unpaired) electrons. The number of hydrogen-bond acceptors (Lipinski definition) is 3. The van der Waals surface area contributed by atoms with E-state index in [1.54, 1.807) is 0 Å². The van der Waals surface area contributed by atoms with Crippen molar-refractivity contribution in [3.05, 3.63) is 35.4 Å². The highest BCUT2D eigenvalue weighted by atomic mass is 32.2. The first-order chi connectivity index (χ1) is 11.1. The molecule has 0 unspecified atom stereocenters. The summed E-state index contributed by atoms with van der Waals surface area (Å²) in [5.41, 5.74) is -0.635. The number of rotatable bonds is 4. The molecule has 1 saturated heterocycles. The lowest BCUT2D eigenvalue weighted by molar-refractivity contribution is -0.137. The fourth-order valence-electron chi connectivity index (χ4n) is 2.59. The second-order valence-electron chi connectivity index (χ2n) is 5.89. The lowest BCUT2D eigenvalue weighted by Crippen LogP contribution is -2.41. The molecule has 1 aromatic rings. The zero-order chi connectivity index (χ0) is 18.0. The van der Waals surface area contributed by atoms with Gasteiger partial charge in [0.05, 0.1) is 11.8 Å². The number of alkyl halides is 3. The molecule has 134 valence electrons. The summed E-state index contributed by atoms with van der Waals surface area (Å²) in [4.78, 5) is 12.0. The summed E-state index contributed by atoms with van der Waals surface area (Å²) in [5.74, 6) is -0.282. The van der Waals surface area contributed by atoms with Gasteiger partial charge >= 0.3 is 6.18 Å². The molecule has 0 spiro atoms. The van der Waals surface area contributed by atoms with Crippen molar-refractivity contribution in [1.29, 1.82) is 0 Å². The fourth-order valence-corrected chi connectivity index (χ4v) is 3.47. The molecule has 1 N–H and O–H groups in total. The molecule has 1 aliphatic rings. The van der Waals surface area contributed by atoms with E-state index < -0.39 is 27.7 Å². The van der Waals surface area contributed by atoms with Crippen molar-refractivity contribution in [3.8, 4) is 0 Å². The molecule has 0 saturated carbocycles. The normalized spacial score (nSPS) is 17.7. The molecule has 0 atom stereocenters. The maximum absolute atomic E-state index is 12.5. The Morgan fingerprint density at radius 2 is 1.75 bits per heavy atom. The van der Waals surface area contributed by atoms with Gasteiger partial charge in [0.15, 0.2) is 0 Å². The largest absolute Gasteiger partial charge is 0.416 e. The molecule has 0 aliphatic carbocycles. The van der Waals surface area contributed by atoms with E-state index in [4.69, 9.17) is 0 Å². The maximum atomic E-state index is 12.5. The van der Waals surface area contributed by atoms with Crippen LogP contribution in [0.3, 0.4) is 0 Å². The average Bonchev–Trinajstić information content (AvgIpc) is 2.51. The number of amides is 1. The van der Waals surface area contributed by atoms with Crippen molar-refractivity contribution in [2.45, 2.75) is 19.0 Å². The molecule has 0 aromatic heterocycles. The van der Waals surface area contributed by atoms with E-state index in [0.29, 0.717) is 32.5 Å². The van der Waals surface area contributed by atoms with E-state index in [9.17, 15) is 26.4 Å². The first-order valence-corrected chi connectivity index (χ1v) is 9.33. The van der Waals surface area contributed by atoms with Gasteiger partial charge in [0.25, 0.3) is 5.91 Å². The third kappa shape index (κ3) is 4.94. The summed E-state index contributed by atoms with van der Waals surface area (Å²) >= 11 is 0. The Hall–Kier alpha value is -1.61. The fraction of sp³-hybridized carbons (Fsp3) is 0.533. The number of benzene rings is 1. The average molecular weight is 364 g/mol. The third-order valence-corrected chi connectivity index (χ3v) is 5.37. The van der Waals surface area contributed by atoms with Gasteiger partial charge in [-0.1, -0.05) is 0 Å². The lowest BCUT2D eigenvalue weighted by Gasteiger charge is -2.30. The SMILES string of the molecule is CS(=O)(=O)N1CCC(CNC(=O)c2ccc(C(F)(F)F)cc2)CC1. The first kappa shape index (κ1) is 18.7. The minimum Gasteiger partial charge on any atom is -0.352 e. The van der Waals surface area contributed by atoms with Gasteiger partial charge in [-0.05, 0) is 43.0 Å². The smallest absolute Gasteiger partial charge is 0.352 e. The van der Waals surface area contributed by atoms with Crippen LogP contribution in [0.25, 0.3) is 0 Å². The van der Waals surface area contributed by atoms with Crippen molar-refractivity contribution in [2.24, 2.45) is 5.92 Å². The summed E-state index contributed by atoms with van der Waals surface area (Å²) in [7, 11) is -3.19. The highest BCUT2D eigenvalue weighted by Crippen LogP contribution is 2.29. The van der Waals surface area contributed by atoms with Crippen LogP contribution in [0.1, 0.15) is 28.8 Å². The minimum atomic E-state index is -4.43. The first-order valence-electron chi connectivity index (χ1n) is 7.48. The topological polar surface area (TPSA) is 66.5 Å². The molecule has 0 bridgehead atoms. The van der Waals surface area contributed by atoms with Crippen LogP contribution in [0, 0.1) is 5.92 Å². The zero-order valence-electron chi connectivity index (χ0n) is 13.1. The summed E-state index contributed by atoms with van der Waals surface area (Å²) < 4.78 is 61.7. The Morgan fingerprint density at radius 1 is 1.21 bits per heavy atom. The number of piperidine rings is 1. The molecule has 5 nitrogen and oxygen atoms in total. The predicted molar refractivity (Wildman–Crippen MR) is 82.9 cm³/mol. The van der Waals surface area contributed by atoms with Crippen molar-refractivity contribution < 1.29 is 26.4 Å². The molecule has 1 fully saturated rings. The number of nitrogens with one attached hydrogen (secondary N) is 1. The Balaban J connectivity index is 1.84. The Morgan fingerprint density at radius 3 is 2.21 bits per heavy atom. The highest BCUT2D eigenvalue weighted by Gasteiger charge is 2.30. The molecule has 2 rings (SSSR count). The molecule has 9 heteroatoms. The quantitative estimate of drug-likeness (QED) is 0.890. The van der Waals surface area contributed by atoms with Crippen LogP contribution < -0.4 is 5.32 Å². The van der Waals surface area contributed by atoms with Gasteiger partial charge in [-0.2, -0.15) is 13.2 Å². The van der Waals surface area contributed by atoms with Crippen LogP contribution in [-0.2, 0) is 16.2 Å². The number of carbonyl (C=O) groups is 1. The van der Waals surface area contributed by atoms with Crippen LogP contribution in [-0.4, -0.2) is 44.5 Å². The van der Waals surface area contributed by atoms with Crippen molar-refractivity contribution in [1.82, 2.24) is 9.62 Å². The van der Waals surface area contributed by atoms with Gasteiger partial charge in [-0.15, -0.1) is 0 Å². The number of nitrogens with zero attached hydrogens (tertiary/aromatic N) is 1. The van der Waals surface area contributed by atoms with Crippen LogP contribution in [0.4, 0.5) is 13.2 Å². The Kier molecular flexibility index (Phi) is 5.54. The van der Waals surface area contributed by atoms with Gasteiger partial charge < -0.3 is 5.32 Å². The monoisotopic (exact) mass is 364 g/mol. The Labute approximate surface area is 138 Å². The van der Waals surface area contributed by atoms with Gasteiger partial charge in [-0.3, -0.25) is 4.79 Å². The van der Waals surface area contributed by atoms with Crippen LogP contribution >= 0.6 is 0 Å². The second kappa shape index (κ2) is 7.10. The summed E-state index contributed by atoms with van der Waals surface area (Å²) in [6, 6.07) is 4.04. The summed E-state index contributed by atoms with van der Waals surface area (Å²) in [5, 5.41) is 2.69. The van der Waals surface area contributed by atoms with Gasteiger partial charge in [0, 0.05) is 25.2 Å². The molecule has 1 aliphatic heterocycles. The summed E-state index contributed by atoms with van der Waals surface area (Å²) in [6.07, 6.45) is -1.98. The molecule has 1 amide bonds. The number of carbonyl (C=O) groups excluding carboxylic acids is 1. The number of halogens is 3. The number of sulfonamides is 1. The van der Waals surface area contributed by atoms with Gasteiger partial charge in [0.2, 0.25) is 10.0 Å². The molecule has 1 aromatic carbocycles. The lowest BCUT2D eigenvalue weighted by atomic mass is 9.98. The second-order valence-corrected chi connectivity index (χ2v) is 7.87.